The lowest BCUT2D eigenvalue weighted by molar-refractivity contribution is -0.122. The van der Waals surface area contributed by atoms with Crippen LogP contribution < -0.4 is 10.1 Å². The van der Waals surface area contributed by atoms with Crippen LogP contribution in [-0.4, -0.2) is 32.2 Å². The number of anilines is 1. The number of hydrogen-bond donors (Lipinski definition) is 1. The predicted molar refractivity (Wildman–Crippen MR) is 83.2 cm³/mol. The number of rotatable bonds is 6. The molecular formula is C13H13Cl2N5O2. The van der Waals surface area contributed by atoms with Crippen molar-refractivity contribution < 1.29 is 9.53 Å². The normalized spacial score (nSPS) is 11.8. The van der Waals surface area contributed by atoms with Gasteiger partial charge in [-0.3, -0.25) is 10.1 Å². The van der Waals surface area contributed by atoms with Gasteiger partial charge >= 0.3 is 0 Å². The number of tetrazole rings is 1. The number of benzene rings is 1. The van der Waals surface area contributed by atoms with Gasteiger partial charge < -0.3 is 4.74 Å². The summed E-state index contributed by atoms with van der Waals surface area (Å²) >= 11 is 11.8. The molecule has 116 valence electrons. The number of amides is 1. The predicted octanol–water partition coefficient (Wildman–Crippen LogP) is 2.57. The molecule has 0 saturated heterocycles. The van der Waals surface area contributed by atoms with Crippen LogP contribution in [0.5, 0.6) is 5.75 Å². The Morgan fingerprint density at radius 3 is 3.00 bits per heavy atom. The first-order valence-corrected chi connectivity index (χ1v) is 7.06. The maximum Gasteiger partial charge on any atom is 0.270 e. The fourth-order valence-electron chi connectivity index (χ4n) is 1.51. The van der Waals surface area contributed by atoms with E-state index in [-0.39, 0.29) is 5.95 Å². The number of nitrogens with zero attached hydrogens (tertiary/aromatic N) is 4. The zero-order valence-electron chi connectivity index (χ0n) is 11.7. The maximum atomic E-state index is 12.0. The fourth-order valence-corrected chi connectivity index (χ4v) is 1.97. The maximum absolute atomic E-state index is 12.0. The van der Waals surface area contributed by atoms with Crippen molar-refractivity contribution in [1.29, 1.82) is 0 Å². The Morgan fingerprint density at radius 1 is 1.55 bits per heavy atom. The first-order valence-electron chi connectivity index (χ1n) is 6.31. The zero-order valence-corrected chi connectivity index (χ0v) is 13.2. The Kier molecular flexibility index (Phi) is 5.35. The largest absolute Gasteiger partial charge is 0.479 e. The van der Waals surface area contributed by atoms with Gasteiger partial charge in [-0.15, -0.1) is 11.7 Å². The van der Waals surface area contributed by atoms with Gasteiger partial charge in [-0.25, -0.2) is 0 Å². The van der Waals surface area contributed by atoms with Crippen molar-refractivity contribution in [2.24, 2.45) is 0 Å². The van der Waals surface area contributed by atoms with Gasteiger partial charge in [0.25, 0.3) is 11.9 Å². The minimum absolute atomic E-state index is 0.0875. The average Bonchev–Trinajstić information content (AvgIpc) is 2.89. The van der Waals surface area contributed by atoms with E-state index in [1.165, 1.54) is 10.9 Å². The minimum Gasteiger partial charge on any atom is -0.479 e. The molecule has 0 radical (unpaired) electrons. The lowest BCUT2D eigenvalue weighted by Gasteiger charge is -2.14. The van der Waals surface area contributed by atoms with E-state index in [4.69, 9.17) is 27.9 Å². The van der Waals surface area contributed by atoms with Crippen LogP contribution in [0.4, 0.5) is 5.95 Å². The molecule has 0 bridgehead atoms. The van der Waals surface area contributed by atoms with Gasteiger partial charge in [0.2, 0.25) is 0 Å². The van der Waals surface area contributed by atoms with Gasteiger partial charge in [0.15, 0.2) is 6.10 Å². The molecular weight excluding hydrogens is 329 g/mol. The molecule has 1 aromatic heterocycles. The molecule has 0 spiro atoms. The highest BCUT2D eigenvalue weighted by Gasteiger charge is 2.18. The average molecular weight is 342 g/mol. The third-order valence-corrected chi connectivity index (χ3v) is 3.08. The Labute approximate surface area is 136 Å². The van der Waals surface area contributed by atoms with Gasteiger partial charge in [0.1, 0.15) is 5.75 Å². The Morgan fingerprint density at radius 2 is 2.32 bits per heavy atom. The van der Waals surface area contributed by atoms with Crippen molar-refractivity contribution in [1.82, 2.24) is 20.2 Å². The summed E-state index contributed by atoms with van der Waals surface area (Å²) in [5.74, 6) is 0.0191. The molecule has 22 heavy (non-hydrogen) atoms. The van der Waals surface area contributed by atoms with E-state index in [0.717, 1.165) is 0 Å². The molecule has 1 heterocycles. The minimum atomic E-state index is -0.801. The molecule has 0 aliphatic heterocycles. The molecule has 1 unspecified atom stereocenters. The number of hydrogen-bond acceptors (Lipinski definition) is 5. The smallest absolute Gasteiger partial charge is 0.270 e. The van der Waals surface area contributed by atoms with E-state index >= 15 is 0 Å². The van der Waals surface area contributed by atoms with Gasteiger partial charge in [0.05, 0.1) is 11.6 Å². The first-order chi connectivity index (χ1) is 10.5. The molecule has 7 nitrogen and oxygen atoms in total. The van der Waals surface area contributed by atoms with E-state index in [9.17, 15) is 4.79 Å². The number of halogens is 2. The highest BCUT2D eigenvalue weighted by Crippen LogP contribution is 2.28. The Balaban J connectivity index is 1.97. The quantitative estimate of drug-likeness (QED) is 0.816. The number of allylic oxidation sites excluding steroid dienone is 1. The fraction of sp³-hybridized carbons (Fsp3) is 0.231. The van der Waals surface area contributed by atoms with Crippen LogP contribution in [-0.2, 0) is 11.3 Å². The number of ether oxygens (including phenoxy) is 1. The van der Waals surface area contributed by atoms with Gasteiger partial charge in [-0.05, 0) is 30.3 Å². The SMILES string of the molecule is C=CCn1nnc(NC(=O)C(C)Oc2ccc(Cl)cc2Cl)n1. The first kappa shape index (κ1) is 16.3. The van der Waals surface area contributed by atoms with Crippen molar-refractivity contribution >= 4 is 35.1 Å². The summed E-state index contributed by atoms with van der Waals surface area (Å²) < 4.78 is 5.49. The zero-order chi connectivity index (χ0) is 16.1. The van der Waals surface area contributed by atoms with Crippen molar-refractivity contribution in [3.8, 4) is 5.75 Å². The number of aromatic nitrogens is 4. The highest BCUT2D eigenvalue weighted by molar-refractivity contribution is 6.35. The second-order valence-corrected chi connectivity index (χ2v) is 5.12. The lowest BCUT2D eigenvalue weighted by Crippen LogP contribution is -2.30. The molecule has 1 amide bonds. The van der Waals surface area contributed by atoms with Crippen LogP contribution in [0.25, 0.3) is 0 Å². The number of carbonyl (C=O) groups is 1. The monoisotopic (exact) mass is 341 g/mol. The van der Waals surface area contributed by atoms with Crippen LogP contribution in [0.1, 0.15) is 6.92 Å². The third-order valence-electron chi connectivity index (χ3n) is 2.55. The molecule has 0 saturated carbocycles. The van der Waals surface area contributed by atoms with Crippen LogP contribution >= 0.6 is 23.2 Å². The van der Waals surface area contributed by atoms with Crippen LogP contribution in [0.2, 0.25) is 10.0 Å². The van der Waals surface area contributed by atoms with E-state index in [1.807, 2.05) is 0 Å². The molecule has 2 rings (SSSR count). The second-order valence-electron chi connectivity index (χ2n) is 4.28. The molecule has 0 aliphatic rings. The van der Waals surface area contributed by atoms with Crippen LogP contribution in [0.15, 0.2) is 30.9 Å². The lowest BCUT2D eigenvalue weighted by atomic mass is 10.3. The van der Waals surface area contributed by atoms with Gasteiger partial charge in [-0.1, -0.05) is 34.4 Å². The van der Waals surface area contributed by atoms with E-state index in [0.29, 0.717) is 22.3 Å². The number of carbonyl (C=O) groups excluding carboxylic acids is 1. The number of nitrogens with one attached hydrogen (secondary N) is 1. The summed E-state index contributed by atoms with van der Waals surface area (Å²) in [6.07, 6.45) is 0.812. The summed E-state index contributed by atoms with van der Waals surface area (Å²) in [5, 5.41) is 14.7. The standard InChI is InChI=1S/C13H13Cl2N5O2/c1-3-6-20-18-13(17-19-20)16-12(21)8(2)22-11-5-4-9(14)7-10(11)15/h3-5,7-8H,1,6H2,2H3,(H,16,18,21). The Hall–Kier alpha value is -2.12. The highest BCUT2D eigenvalue weighted by atomic mass is 35.5. The van der Waals surface area contributed by atoms with Crippen molar-refractivity contribution in [3.63, 3.8) is 0 Å². The van der Waals surface area contributed by atoms with Gasteiger partial charge in [-0.2, -0.15) is 4.80 Å². The molecule has 0 aliphatic carbocycles. The topological polar surface area (TPSA) is 81.9 Å². The molecule has 0 fully saturated rings. The van der Waals surface area contributed by atoms with Crippen LogP contribution in [0, 0.1) is 0 Å². The molecule has 2 aromatic rings. The van der Waals surface area contributed by atoms with E-state index in [1.54, 1.807) is 25.1 Å². The third kappa shape index (κ3) is 4.19. The molecule has 9 heteroatoms. The van der Waals surface area contributed by atoms with Crippen molar-refractivity contribution in [2.45, 2.75) is 19.6 Å². The van der Waals surface area contributed by atoms with Gasteiger partial charge in [0, 0.05) is 5.02 Å². The summed E-state index contributed by atoms with van der Waals surface area (Å²) in [6, 6.07) is 4.74. The summed E-state index contributed by atoms with van der Waals surface area (Å²) in [5.41, 5.74) is 0. The summed E-state index contributed by atoms with van der Waals surface area (Å²) in [7, 11) is 0. The summed E-state index contributed by atoms with van der Waals surface area (Å²) in [6.45, 7) is 5.53. The summed E-state index contributed by atoms with van der Waals surface area (Å²) in [4.78, 5) is 13.3. The van der Waals surface area contributed by atoms with E-state index in [2.05, 4.69) is 27.3 Å². The van der Waals surface area contributed by atoms with Crippen LogP contribution in [0.3, 0.4) is 0 Å². The second kappa shape index (κ2) is 7.24. The molecule has 1 aromatic carbocycles. The van der Waals surface area contributed by atoms with Crippen molar-refractivity contribution in [2.75, 3.05) is 5.32 Å². The molecule has 1 atom stereocenters. The van der Waals surface area contributed by atoms with Crippen molar-refractivity contribution in [3.05, 3.63) is 40.9 Å². The Bertz CT molecular complexity index is 689. The van der Waals surface area contributed by atoms with E-state index < -0.39 is 12.0 Å². The molecule has 1 N–H and O–H groups in total.